The van der Waals surface area contributed by atoms with Gasteiger partial charge in [-0.1, -0.05) is 13.3 Å². The average molecular weight is 404 g/mol. The van der Waals surface area contributed by atoms with Crippen molar-refractivity contribution in [2.45, 2.75) is 38.3 Å². The monoisotopic (exact) mass is 403 g/mol. The number of hydrogen-bond donors (Lipinski definition) is 1. The number of fused-ring (bicyclic) bond motifs is 4. The normalized spacial score (nSPS) is 26.6. The Morgan fingerprint density at radius 1 is 1.27 bits per heavy atom. The molecule has 5 heteroatoms. The molecular weight excluding hydrogens is 374 g/mol. The van der Waals surface area contributed by atoms with Crippen molar-refractivity contribution in [2.24, 2.45) is 11.8 Å². The molecule has 5 nitrogen and oxygen atoms in total. The summed E-state index contributed by atoms with van der Waals surface area (Å²) in [5.74, 6) is 2.27. The molecule has 3 aromatic rings. The van der Waals surface area contributed by atoms with Crippen LogP contribution in [-0.4, -0.2) is 46.2 Å². The van der Waals surface area contributed by atoms with Crippen LogP contribution < -0.4 is 4.74 Å². The van der Waals surface area contributed by atoms with Crippen LogP contribution in [0.1, 0.15) is 37.9 Å². The fourth-order valence-corrected chi connectivity index (χ4v) is 5.44. The van der Waals surface area contributed by atoms with Crippen molar-refractivity contribution in [1.29, 1.82) is 0 Å². The van der Waals surface area contributed by atoms with Gasteiger partial charge >= 0.3 is 0 Å². The number of piperidine rings is 3. The number of aliphatic hydroxyl groups is 1. The van der Waals surface area contributed by atoms with E-state index in [2.05, 4.69) is 16.8 Å². The molecule has 6 rings (SSSR count). The fourth-order valence-electron chi connectivity index (χ4n) is 5.44. The van der Waals surface area contributed by atoms with Gasteiger partial charge in [0.25, 0.3) is 0 Å². The summed E-state index contributed by atoms with van der Waals surface area (Å²) in [5, 5.41) is 12.6. The molecule has 5 heterocycles. The minimum atomic E-state index is -0.557. The van der Waals surface area contributed by atoms with Crippen molar-refractivity contribution in [3.63, 3.8) is 0 Å². The third kappa shape index (κ3) is 3.36. The summed E-state index contributed by atoms with van der Waals surface area (Å²) in [6.45, 7) is 4.48. The summed E-state index contributed by atoms with van der Waals surface area (Å²) >= 11 is 0. The first-order valence-electron chi connectivity index (χ1n) is 11.0. The number of nitrogens with zero attached hydrogens (tertiary/aromatic N) is 3. The zero-order chi connectivity index (χ0) is 20.7. The van der Waals surface area contributed by atoms with Gasteiger partial charge in [0, 0.05) is 35.9 Å². The molecule has 30 heavy (non-hydrogen) atoms. The molecule has 3 aliphatic heterocycles. The van der Waals surface area contributed by atoms with Gasteiger partial charge in [0.15, 0.2) is 0 Å². The highest BCUT2D eigenvalue weighted by Gasteiger charge is 2.42. The molecule has 0 spiro atoms. The van der Waals surface area contributed by atoms with Crippen LogP contribution in [-0.2, 0) is 0 Å². The summed E-state index contributed by atoms with van der Waals surface area (Å²) in [6.07, 6.45) is 6.58. The number of aromatic nitrogens is 2. The standard InChI is InChI=1S/C25H29N3O2/c1-3-16-15-28-10-8-17(16)11-24(28)25(29)21-13-23(18-5-4-9-26-14-18)27-22-7-6-19(30-2)12-20(21)22/h4-7,9,12-14,16-17,24-25,29H,3,8,10-11,15H2,1-2H3/t16-,17+,24-,25+/m0/s1. The van der Waals surface area contributed by atoms with Gasteiger partial charge in [-0.05, 0) is 73.2 Å². The van der Waals surface area contributed by atoms with Crippen LogP contribution in [0.4, 0.5) is 0 Å². The Balaban J connectivity index is 1.59. The first-order chi connectivity index (χ1) is 14.7. The highest BCUT2D eigenvalue weighted by Crippen LogP contribution is 2.43. The molecule has 1 N–H and O–H groups in total. The summed E-state index contributed by atoms with van der Waals surface area (Å²) < 4.78 is 5.47. The van der Waals surface area contributed by atoms with Crippen molar-refractivity contribution in [1.82, 2.24) is 14.9 Å². The van der Waals surface area contributed by atoms with E-state index in [0.29, 0.717) is 0 Å². The Labute approximate surface area is 177 Å². The van der Waals surface area contributed by atoms with E-state index in [4.69, 9.17) is 9.72 Å². The van der Waals surface area contributed by atoms with Crippen LogP contribution in [0.2, 0.25) is 0 Å². The lowest BCUT2D eigenvalue weighted by atomic mass is 9.72. The van der Waals surface area contributed by atoms with Gasteiger partial charge in [0.05, 0.1) is 24.4 Å². The molecule has 5 atom stereocenters. The molecule has 0 saturated carbocycles. The molecule has 0 aliphatic carbocycles. The second-order valence-electron chi connectivity index (χ2n) is 8.68. The zero-order valence-electron chi connectivity index (χ0n) is 17.7. The van der Waals surface area contributed by atoms with Gasteiger partial charge in [-0.25, -0.2) is 4.98 Å². The maximum Gasteiger partial charge on any atom is 0.119 e. The number of rotatable bonds is 5. The topological polar surface area (TPSA) is 58.5 Å². The van der Waals surface area contributed by atoms with E-state index >= 15 is 0 Å². The van der Waals surface area contributed by atoms with E-state index in [1.165, 1.54) is 12.8 Å². The van der Waals surface area contributed by atoms with E-state index < -0.39 is 6.10 Å². The Hall–Kier alpha value is -2.50. The molecule has 1 unspecified atom stereocenters. The lowest BCUT2D eigenvalue weighted by Gasteiger charge is -2.51. The maximum atomic E-state index is 11.6. The summed E-state index contributed by atoms with van der Waals surface area (Å²) in [6, 6.07) is 12.0. The molecule has 0 radical (unpaired) electrons. The SMILES string of the molecule is CC[C@H]1CN2CC[C@@H]1C[C@H]2[C@H](O)c1cc(-c2cccnc2)nc2ccc(OC)cc12. The van der Waals surface area contributed by atoms with Crippen LogP contribution in [0.5, 0.6) is 5.75 Å². The summed E-state index contributed by atoms with van der Waals surface area (Å²) in [4.78, 5) is 11.6. The quantitative estimate of drug-likeness (QED) is 0.682. The number of aliphatic hydroxyl groups excluding tert-OH is 1. The minimum Gasteiger partial charge on any atom is -0.497 e. The van der Waals surface area contributed by atoms with Gasteiger partial charge < -0.3 is 9.84 Å². The highest BCUT2D eigenvalue weighted by molar-refractivity contribution is 5.87. The fraction of sp³-hybridized carbons (Fsp3) is 0.440. The van der Waals surface area contributed by atoms with Gasteiger partial charge in [-0.3, -0.25) is 9.88 Å². The number of hydrogen-bond acceptors (Lipinski definition) is 5. The van der Waals surface area contributed by atoms with Crippen LogP contribution >= 0.6 is 0 Å². The van der Waals surface area contributed by atoms with Gasteiger partial charge in [0.2, 0.25) is 0 Å². The van der Waals surface area contributed by atoms with E-state index in [0.717, 1.165) is 64.8 Å². The first kappa shape index (κ1) is 19.5. The maximum absolute atomic E-state index is 11.6. The third-order valence-electron chi connectivity index (χ3n) is 7.15. The number of pyridine rings is 2. The summed E-state index contributed by atoms with van der Waals surface area (Å²) in [7, 11) is 1.67. The lowest BCUT2D eigenvalue weighted by molar-refractivity contribution is -0.0562. The molecule has 2 aromatic heterocycles. The second kappa shape index (κ2) is 7.97. The zero-order valence-corrected chi connectivity index (χ0v) is 17.7. The smallest absolute Gasteiger partial charge is 0.119 e. The molecule has 3 saturated heterocycles. The average Bonchev–Trinajstić information content (AvgIpc) is 2.83. The van der Waals surface area contributed by atoms with Crippen molar-refractivity contribution < 1.29 is 9.84 Å². The predicted molar refractivity (Wildman–Crippen MR) is 118 cm³/mol. The predicted octanol–water partition coefficient (Wildman–Crippen LogP) is 4.46. The third-order valence-corrected chi connectivity index (χ3v) is 7.15. The highest BCUT2D eigenvalue weighted by atomic mass is 16.5. The van der Waals surface area contributed by atoms with Crippen molar-refractivity contribution in [3.05, 3.63) is 54.4 Å². The van der Waals surface area contributed by atoms with E-state index in [1.54, 1.807) is 13.3 Å². The molecule has 156 valence electrons. The molecule has 3 aliphatic rings. The van der Waals surface area contributed by atoms with E-state index in [9.17, 15) is 5.11 Å². The van der Waals surface area contributed by atoms with Crippen LogP contribution in [0.3, 0.4) is 0 Å². The Kier molecular flexibility index (Phi) is 5.17. The van der Waals surface area contributed by atoms with Gasteiger partial charge in [0.1, 0.15) is 5.75 Å². The van der Waals surface area contributed by atoms with Crippen molar-refractivity contribution in [3.8, 4) is 17.0 Å². The van der Waals surface area contributed by atoms with E-state index in [1.807, 2.05) is 42.6 Å². The number of methoxy groups -OCH3 is 1. The van der Waals surface area contributed by atoms with Crippen molar-refractivity contribution >= 4 is 10.9 Å². The first-order valence-corrected chi connectivity index (χ1v) is 11.0. The number of ether oxygens (including phenoxy) is 1. The van der Waals surface area contributed by atoms with Crippen molar-refractivity contribution in [2.75, 3.05) is 20.2 Å². The van der Waals surface area contributed by atoms with E-state index in [-0.39, 0.29) is 6.04 Å². The van der Waals surface area contributed by atoms with Gasteiger partial charge in [-0.2, -0.15) is 0 Å². The Morgan fingerprint density at radius 3 is 2.87 bits per heavy atom. The number of benzene rings is 1. The molecular formula is C25H29N3O2. The van der Waals surface area contributed by atoms with Gasteiger partial charge in [-0.15, -0.1) is 0 Å². The Morgan fingerprint density at radius 2 is 2.17 bits per heavy atom. The largest absolute Gasteiger partial charge is 0.497 e. The molecule has 2 bridgehead atoms. The van der Waals surface area contributed by atoms with Crippen LogP contribution in [0.15, 0.2) is 48.8 Å². The minimum absolute atomic E-state index is 0.157. The Bertz CT molecular complexity index is 1040. The molecule has 0 amide bonds. The van der Waals surface area contributed by atoms with Crippen LogP contribution in [0, 0.1) is 11.8 Å². The molecule has 3 fully saturated rings. The lowest BCUT2D eigenvalue weighted by Crippen LogP contribution is -2.55. The molecule has 1 aromatic carbocycles. The second-order valence-corrected chi connectivity index (χ2v) is 8.68. The van der Waals surface area contributed by atoms with Crippen LogP contribution in [0.25, 0.3) is 22.2 Å². The summed E-state index contributed by atoms with van der Waals surface area (Å²) in [5.41, 5.74) is 3.61.